The second-order valence-corrected chi connectivity index (χ2v) is 4.91. The molecule has 17 heavy (non-hydrogen) atoms. The Kier molecular flexibility index (Phi) is 5.72. The van der Waals surface area contributed by atoms with E-state index in [-0.39, 0.29) is 0 Å². The van der Waals surface area contributed by atoms with E-state index in [4.69, 9.17) is 4.42 Å². The molecule has 0 saturated carbocycles. The zero-order chi connectivity index (χ0) is 12.7. The van der Waals surface area contributed by atoms with E-state index < -0.39 is 5.60 Å². The van der Waals surface area contributed by atoms with Crippen molar-refractivity contribution in [1.29, 1.82) is 0 Å². The maximum Gasteiger partial charge on any atom is 0.136 e. The normalized spacial score (nSPS) is 15.1. The summed E-state index contributed by atoms with van der Waals surface area (Å²) in [7, 11) is 0. The lowest BCUT2D eigenvalue weighted by atomic mass is 10.0. The maximum absolute atomic E-state index is 10.3. The van der Waals surface area contributed by atoms with E-state index in [9.17, 15) is 5.11 Å². The van der Waals surface area contributed by atoms with Gasteiger partial charge in [0.25, 0.3) is 0 Å². The van der Waals surface area contributed by atoms with E-state index in [0.29, 0.717) is 18.3 Å². The summed E-state index contributed by atoms with van der Waals surface area (Å²) < 4.78 is 5.26. The molecular formula is C14H25NO2. The summed E-state index contributed by atoms with van der Waals surface area (Å²) in [6, 6.07) is 4.11. The summed E-state index contributed by atoms with van der Waals surface area (Å²) in [5, 5.41) is 13.7. The van der Waals surface area contributed by atoms with Crippen LogP contribution in [0.25, 0.3) is 0 Å². The summed E-state index contributed by atoms with van der Waals surface area (Å²) in [6.45, 7) is 6.70. The fourth-order valence-electron chi connectivity index (χ4n) is 2.06. The van der Waals surface area contributed by atoms with E-state index in [2.05, 4.69) is 19.2 Å². The first-order valence-electron chi connectivity index (χ1n) is 6.60. The quantitative estimate of drug-likeness (QED) is 0.733. The van der Waals surface area contributed by atoms with Gasteiger partial charge in [0.1, 0.15) is 11.4 Å². The lowest BCUT2D eigenvalue weighted by molar-refractivity contribution is 0.0309. The molecule has 1 unspecified atom stereocenters. The smallest absolute Gasteiger partial charge is 0.136 e. The Hall–Kier alpha value is -0.800. The second kappa shape index (κ2) is 6.82. The Morgan fingerprint density at radius 2 is 2.00 bits per heavy atom. The lowest BCUT2D eigenvalue weighted by Crippen LogP contribution is -2.40. The molecule has 0 fully saturated rings. The van der Waals surface area contributed by atoms with Crippen molar-refractivity contribution in [1.82, 2.24) is 5.32 Å². The third-order valence-electron chi connectivity index (χ3n) is 3.06. The van der Waals surface area contributed by atoms with E-state index in [1.807, 2.05) is 6.07 Å². The van der Waals surface area contributed by atoms with Gasteiger partial charge in [-0.05, 0) is 31.9 Å². The number of aliphatic hydroxyl groups is 1. The molecule has 0 aliphatic carbocycles. The number of furan rings is 1. The summed E-state index contributed by atoms with van der Waals surface area (Å²) in [6.07, 6.45) is 6.24. The van der Waals surface area contributed by atoms with Crippen LogP contribution >= 0.6 is 0 Å². The molecular weight excluding hydrogens is 214 g/mol. The van der Waals surface area contributed by atoms with Crippen LogP contribution in [0.4, 0.5) is 0 Å². The van der Waals surface area contributed by atoms with Crippen LogP contribution in [0.15, 0.2) is 22.8 Å². The van der Waals surface area contributed by atoms with Gasteiger partial charge in [-0.3, -0.25) is 0 Å². The minimum atomic E-state index is -0.927. The monoisotopic (exact) mass is 239 g/mol. The Morgan fingerprint density at radius 1 is 1.35 bits per heavy atom. The van der Waals surface area contributed by atoms with Crippen LogP contribution in [0.3, 0.4) is 0 Å². The van der Waals surface area contributed by atoms with Crippen LogP contribution in [0.1, 0.15) is 52.2 Å². The molecule has 2 N–H and O–H groups in total. The molecule has 98 valence electrons. The predicted octanol–water partition coefficient (Wildman–Crippen LogP) is 3.05. The van der Waals surface area contributed by atoms with Gasteiger partial charge in [-0.15, -0.1) is 0 Å². The first-order valence-corrected chi connectivity index (χ1v) is 6.60. The first kappa shape index (κ1) is 14.3. The number of hydrogen-bond acceptors (Lipinski definition) is 3. The van der Waals surface area contributed by atoms with Gasteiger partial charge in [0, 0.05) is 12.6 Å². The standard InChI is InChI=1S/C14H25NO2/c1-4-7-12(8-5-2)15-11-14(3,16)13-9-6-10-17-13/h6,9-10,12,15-16H,4-5,7-8,11H2,1-3H3. The third kappa shape index (κ3) is 4.52. The molecule has 0 saturated heterocycles. The van der Waals surface area contributed by atoms with Crippen LogP contribution in [-0.2, 0) is 5.60 Å². The van der Waals surface area contributed by atoms with E-state index in [1.165, 1.54) is 12.8 Å². The van der Waals surface area contributed by atoms with Crippen LogP contribution in [0.2, 0.25) is 0 Å². The van der Waals surface area contributed by atoms with Gasteiger partial charge in [-0.25, -0.2) is 0 Å². The fraction of sp³-hybridized carbons (Fsp3) is 0.714. The average Bonchev–Trinajstić information content (AvgIpc) is 2.81. The van der Waals surface area contributed by atoms with Crippen LogP contribution in [-0.4, -0.2) is 17.7 Å². The van der Waals surface area contributed by atoms with Crippen molar-refractivity contribution in [2.24, 2.45) is 0 Å². The van der Waals surface area contributed by atoms with E-state index >= 15 is 0 Å². The molecule has 0 aliphatic heterocycles. The number of rotatable bonds is 8. The van der Waals surface area contributed by atoms with Crippen molar-refractivity contribution < 1.29 is 9.52 Å². The molecule has 0 radical (unpaired) electrons. The summed E-state index contributed by atoms with van der Waals surface area (Å²) in [5.41, 5.74) is -0.927. The highest BCUT2D eigenvalue weighted by molar-refractivity contribution is 5.08. The molecule has 1 aromatic heterocycles. The Labute approximate surface area is 104 Å². The van der Waals surface area contributed by atoms with Crippen molar-refractivity contribution in [3.63, 3.8) is 0 Å². The predicted molar refractivity (Wildman–Crippen MR) is 69.9 cm³/mol. The second-order valence-electron chi connectivity index (χ2n) is 4.91. The zero-order valence-corrected chi connectivity index (χ0v) is 11.2. The molecule has 0 aliphatic rings. The Bertz CT molecular complexity index is 287. The highest BCUT2D eigenvalue weighted by atomic mass is 16.4. The summed E-state index contributed by atoms with van der Waals surface area (Å²) in [5.74, 6) is 0.622. The highest BCUT2D eigenvalue weighted by Crippen LogP contribution is 2.20. The largest absolute Gasteiger partial charge is 0.466 e. The van der Waals surface area contributed by atoms with Gasteiger partial charge < -0.3 is 14.8 Å². The van der Waals surface area contributed by atoms with Gasteiger partial charge in [0.2, 0.25) is 0 Å². The minimum Gasteiger partial charge on any atom is -0.466 e. The van der Waals surface area contributed by atoms with Crippen molar-refractivity contribution in [2.75, 3.05) is 6.54 Å². The van der Waals surface area contributed by atoms with Gasteiger partial charge >= 0.3 is 0 Å². The van der Waals surface area contributed by atoms with Crippen LogP contribution < -0.4 is 5.32 Å². The SMILES string of the molecule is CCCC(CCC)NCC(C)(O)c1ccco1. The molecule has 1 rings (SSSR count). The Morgan fingerprint density at radius 3 is 2.47 bits per heavy atom. The average molecular weight is 239 g/mol. The molecule has 1 heterocycles. The molecule has 0 amide bonds. The molecule has 0 bridgehead atoms. The highest BCUT2D eigenvalue weighted by Gasteiger charge is 2.26. The molecule has 1 atom stereocenters. The van der Waals surface area contributed by atoms with Gasteiger partial charge in [-0.1, -0.05) is 26.7 Å². The van der Waals surface area contributed by atoms with Crippen molar-refractivity contribution >= 4 is 0 Å². The molecule has 3 heteroatoms. The minimum absolute atomic E-state index is 0.492. The van der Waals surface area contributed by atoms with Crippen LogP contribution in [0.5, 0.6) is 0 Å². The summed E-state index contributed by atoms with van der Waals surface area (Å²) in [4.78, 5) is 0. The number of nitrogens with one attached hydrogen (secondary N) is 1. The number of hydrogen-bond donors (Lipinski definition) is 2. The van der Waals surface area contributed by atoms with E-state index in [1.54, 1.807) is 19.3 Å². The maximum atomic E-state index is 10.3. The molecule has 0 spiro atoms. The van der Waals surface area contributed by atoms with Gasteiger partial charge in [0.15, 0.2) is 0 Å². The van der Waals surface area contributed by atoms with E-state index in [0.717, 1.165) is 12.8 Å². The third-order valence-corrected chi connectivity index (χ3v) is 3.06. The van der Waals surface area contributed by atoms with Gasteiger partial charge in [-0.2, -0.15) is 0 Å². The topological polar surface area (TPSA) is 45.4 Å². The Balaban J connectivity index is 2.47. The van der Waals surface area contributed by atoms with Crippen molar-refractivity contribution in [2.45, 2.75) is 58.1 Å². The lowest BCUT2D eigenvalue weighted by Gasteiger charge is -2.25. The van der Waals surface area contributed by atoms with Crippen molar-refractivity contribution in [3.05, 3.63) is 24.2 Å². The molecule has 0 aromatic carbocycles. The fourth-order valence-corrected chi connectivity index (χ4v) is 2.06. The molecule has 1 aromatic rings. The molecule has 3 nitrogen and oxygen atoms in total. The van der Waals surface area contributed by atoms with Crippen molar-refractivity contribution in [3.8, 4) is 0 Å². The van der Waals surface area contributed by atoms with Crippen LogP contribution in [0, 0.1) is 0 Å². The first-order chi connectivity index (χ1) is 8.10. The van der Waals surface area contributed by atoms with Gasteiger partial charge in [0.05, 0.1) is 6.26 Å². The zero-order valence-electron chi connectivity index (χ0n) is 11.2. The summed E-state index contributed by atoms with van der Waals surface area (Å²) >= 11 is 0.